The Bertz CT molecular complexity index is 1240. The number of ether oxygens (including phenoxy) is 2. The van der Waals surface area contributed by atoms with Gasteiger partial charge in [-0.1, -0.05) is 11.6 Å². The Hall–Kier alpha value is -4.45. The number of nitrogens with one attached hydrogen (secondary N) is 1. The molecule has 33 heavy (non-hydrogen) atoms. The minimum atomic E-state index is -0.675. The summed E-state index contributed by atoms with van der Waals surface area (Å²) in [5, 5.41) is 25.8. The number of rotatable bonds is 9. The van der Waals surface area contributed by atoms with Gasteiger partial charge in [0, 0.05) is 17.2 Å². The smallest absolute Gasteiger partial charge is 0.312 e. The molecule has 0 aliphatic heterocycles. The number of furan rings is 1. The molecule has 0 unspecified atom stereocenters. The van der Waals surface area contributed by atoms with Crippen molar-refractivity contribution in [3.05, 3.63) is 79.5 Å². The summed E-state index contributed by atoms with van der Waals surface area (Å²) in [5.41, 5.74) is 2.19. The zero-order valence-electron chi connectivity index (χ0n) is 16.9. The molecule has 0 fully saturated rings. The van der Waals surface area contributed by atoms with E-state index in [4.69, 9.17) is 25.5 Å². The van der Waals surface area contributed by atoms with Crippen LogP contribution in [0.4, 0.5) is 11.4 Å². The topological polar surface area (TPSA) is 159 Å². The molecule has 1 aromatic heterocycles. The molecule has 0 saturated heterocycles. The van der Waals surface area contributed by atoms with Crippen LogP contribution in [0, 0.1) is 20.2 Å². The highest BCUT2D eigenvalue weighted by molar-refractivity contribution is 6.30. The average molecular weight is 475 g/mol. The lowest BCUT2D eigenvalue weighted by molar-refractivity contribution is -0.385. The van der Waals surface area contributed by atoms with Crippen molar-refractivity contribution in [3.63, 3.8) is 0 Å². The Morgan fingerprint density at radius 2 is 1.91 bits per heavy atom. The van der Waals surface area contributed by atoms with Gasteiger partial charge in [0.1, 0.15) is 17.3 Å². The van der Waals surface area contributed by atoms with Gasteiger partial charge in [0.05, 0.1) is 34.8 Å². The zero-order valence-corrected chi connectivity index (χ0v) is 17.6. The van der Waals surface area contributed by atoms with Gasteiger partial charge in [0.25, 0.3) is 11.6 Å². The molecule has 3 aromatic rings. The summed E-state index contributed by atoms with van der Waals surface area (Å²) in [4.78, 5) is 32.6. The number of nitro groups is 2. The molecule has 170 valence electrons. The van der Waals surface area contributed by atoms with Crippen molar-refractivity contribution in [1.29, 1.82) is 0 Å². The van der Waals surface area contributed by atoms with Gasteiger partial charge in [-0.2, -0.15) is 5.10 Å². The lowest BCUT2D eigenvalue weighted by Gasteiger charge is -2.06. The number of benzene rings is 2. The first-order valence-electron chi connectivity index (χ1n) is 9.09. The Morgan fingerprint density at radius 1 is 1.12 bits per heavy atom. The maximum Gasteiger partial charge on any atom is 0.312 e. The van der Waals surface area contributed by atoms with Gasteiger partial charge in [0.2, 0.25) is 0 Å². The summed E-state index contributed by atoms with van der Waals surface area (Å²) in [7, 11) is 1.38. The lowest BCUT2D eigenvalue weighted by atomic mass is 10.1. The van der Waals surface area contributed by atoms with E-state index in [1.54, 1.807) is 12.1 Å². The second-order valence-electron chi connectivity index (χ2n) is 6.29. The minimum Gasteiger partial charge on any atom is -0.496 e. The summed E-state index contributed by atoms with van der Waals surface area (Å²) < 4.78 is 16.0. The average Bonchev–Trinajstić information content (AvgIpc) is 3.26. The van der Waals surface area contributed by atoms with Crippen LogP contribution in [0.3, 0.4) is 0 Å². The fraction of sp³-hybridized carbons (Fsp3) is 0.100. The third-order valence-corrected chi connectivity index (χ3v) is 4.38. The molecule has 3 rings (SSSR count). The first kappa shape index (κ1) is 23.2. The molecule has 1 heterocycles. The fourth-order valence-corrected chi connectivity index (χ4v) is 2.83. The van der Waals surface area contributed by atoms with Crippen LogP contribution in [0.2, 0.25) is 5.02 Å². The van der Waals surface area contributed by atoms with Gasteiger partial charge in [-0.15, -0.1) is 0 Å². The van der Waals surface area contributed by atoms with E-state index in [2.05, 4.69) is 10.5 Å². The quantitative estimate of drug-likeness (QED) is 0.277. The summed E-state index contributed by atoms with van der Waals surface area (Å²) in [6.07, 6.45) is 1.23. The minimum absolute atomic E-state index is 0.115. The molecule has 1 amide bonds. The first-order valence-corrected chi connectivity index (χ1v) is 9.47. The van der Waals surface area contributed by atoms with E-state index in [9.17, 15) is 25.0 Å². The molecule has 1 N–H and O–H groups in total. The van der Waals surface area contributed by atoms with Gasteiger partial charge in [-0.05, 0) is 30.3 Å². The highest BCUT2D eigenvalue weighted by atomic mass is 35.5. The van der Waals surface area contributed by atoms with Crippen LogP contribution in [-0.2, 0) is 4.79 Å². The van der Waals surface area contributed by atoms with Gasteiger partial charge in [0.15, 0.2) is 12.4 Å². The number of nitrogens with zero attached hydrogens (tertiary/aromatic N) is 3. The standard InChI is InChI=1S/C20H15ClN4O8/c1-31-19-9-13(24(27)28)3-5-15(19)17-7-4-14(33-17)10-22-23-20(26)11-32-18-6-2-12(21)8-16(18)25(29)30/h2-10H,11H2,1H3,(H,23,26). The lowest BCUT2D eigenvalue weighted by Crippen LogP contribution is -2.24. The molecule has 0 aliphatic carbocycles. The van der Waals surface area contributed by atoms with E-state index in [0.29, 0.717) is 11.3 Å². The van der Waals surface area contributed by atoms with Gasteiger partial charge in [-0.3, -0.25) is 25.0 Å². The summed E-state index contributed by atoms with van der Waals surface area (Å²) in [6.45, 7) is -0.525. The Balaban J connectivity index is 1.61. The number of hydrazone groups is 1. The normalized spacial score (nSPS) is 10.7. The predicted octanol–water partition coefficient (Wildman–Crippen LogP) is 3.95. The molecule has 0 saturated carbocycles. The van der Waals surface area contributed by atoms with Crippen molar-refractivity contribution >= 4 is 35.1 Å². The van der Waals surface area contributed by atoms with E-state index < -0.39 is 22.4 Å². The molecular formula is C20H15ClN4O8. The van der Waals surface area contributed by atoms with E-state index >= 15 is 0 Å². The first-order chi connectivity index (χ1) is 15.8. The number of halogens is 1. The Morgan fingerprint density at radius 3 is 2.61 bits per heavy atom. The second-order valence-corrected chi connectivity index (χ2v) is 6.73. The maximum atomic E-state index is 11.9. The van der Waals surface area contributed by atoms with Crippen LogP contribution in [0.5, 0.6) is 11.5 Å². The number of carbonyl (C=O) groups is 1. The number of nitro benzene ring substituents is 2. The van der Waals surface area contributed by atoms with Crippen molar-refractivity contribution in [3.8, 4) is 22.8 Å². The third kappa shape index (κ3) is 5.83. The molecule has 0 atom stereocenters. The predicted molar refractivity (Wildman–Crippen MR) is 117 cm³/mol. The molecule has 12 nitrogen and oxygen atoms in total. The van der Waals surface area contributed by atoms with Gasteiger partial charge < -0.3 is 13.9 Å². The largest absolute Gasteiger partial charge is 0.496 e. The van der Waals surface area contributed by atoms with Crippen LogP contribution in [0.15, 0.2) is 58.0 Å². The Labute approximate surface area is 190 Å². The van der Waals surface area contributed by atoms with Crippen LogP contribution in [0.1, 0.15) is 5.76 Å². The summed E-state index contributed by atoms with van der Waals surface area (Å²) in [6, 6.07) is 11.1. The molecule has 0 spiro atoms. The van der Waals surface area contributed by atoms with Crippen LogP contribution < -0.4 is 14.9 Å². The van der Waals surface area contributed by atoms with E-state index in [1.165, 1.54) is 43.7 Å². The van der Waals surface area contributed by atoms with Crippen molar-refractivity contribution in [2.75, 3.05) is 13.7 Å². The number of methoxy groups -OCH3 is 1. The van der Waals surface area contributed by atoms with Gasteiger partial charge >= 0.3 is 5.69 Å². The zero-order chi connectivity index (χ0) is 24.0. The monoisotopic (exact) mass is 474 g/mol. The van der Waals surface area contributed by atoms with Crippen LogP contribution in [0.25, 0.3) is 11.3 Å². The SMILES string of the molecule is COc1cc([N+](=O)[O-])ccc1-c1ccc(C=NNC(=O)COc2ccc(Cl)cc2[N+](=O)[O-])o1. The number of hydrogen-bond donors (Lipinski definition) is 1. The van der Waals surface area contributed by atoms with Gasteiger partial charge in [-0.25, -0.2) is 5.43 Å². The molecule has 13 heteroatoms. The molecular weight excluding hydrogens is 460 g/mol. The van der Waals surface area contributed by atoms with Crippen molar-refractivity contribution in [1.82, 2.24) is 5.43 Å². The number of amides is 1. The highest BCUT2D eigenvalue weighted by Gasteiger charge is 2.17. The second kappa shape index (κ2) is 10.2. The number of carbonyl (C=O) groups excluding carboxylic acids is 1. The maximum absolute atomic E-state index is 11.9. The van der Waals surface area contributed by atoms with Crippen LogP contribution >= 0.6 is 11.6 Å². The van der Waals surface area contributed by atoms with Crippen molar-refractivity contribution in [2.24, 2.45) is 5.10 Å². The molecule has 0 radical (unpaired) electrons. The number of hydrogen-bond acceptors (Lipinski definition) is 9. The molecule has 0 aliphatic rings. The Kier molecular flexibility index (Phi) is 7.20. The summed E-state index contributed by atoms with van der Waals surface area (Å²) >= 11 is 5.73. The van der Waals surface area contributed by atoms with Crippen LogP contribution in [-0.4, -0.2) is 35.7 Å². The fourth-order valence-electron chi connectivity index (χ4n) is 2.66. The highest BCUT2D eigenvalue weighted by Crippen LogP contribution is 2.34. The molecule has 0 bridgehead atoms. The van der Waals surface area contributed by atoms with Crippen molar-refractivity contribution in [2.45, 2.75) is 0 Å². The summed E-state index contributed by atoms with van der Waals surface area (Å²) in [5.74, 6) is 0.118. The van der Waals surface area contributed by atoms with E-state index in [-0.39, 0.29) is 33.7 Å². The van der Waals surface area contributed by atoms with E-state index in [0.717, 1.165) is 6.07 Å². The third-order valence-electron chi connectivity index (χ3n) is 4.15. The van der Waals surface area contributed by atoms with Crippen molar-refractivity contribution < 1.29 is 28.5 Å². The number of non-ortho nitro benzene ring substituents is 1. The molecule has 2 aromatic carbocycles. The van der Waals surface area contributed by atoms with E-state index in [1.807, 2.05) is 0 Å².